The van der Waals surface area contributed by atoms with Crippen molar-refractivity contribution >= 4 is 27.5 Å². The third kappa shape index (κ3) is 7.87. The van der Waals surface area contributed by atoms with Crippen LogP contribution in [-0.4, -0.2) is 57.1 Å². The second-order valence-corrected chi connectivity index (χ2v) is 10.2. The van der Waals surface area contributed by atoms with Crippen molar-refractivity contribution in [1.29, 1.82) is 0 Å². The highest BCUT2D eigenvalue weighted by Gasteiger charge is 2.31. The molecule has 0 radical (unpaired) electrons. The summed E-state index contributed by atoms with van der Waals surface area (Å²) in [6.45, 7) is 6.31. The van der Waals surface area contributed by atoms with Gasteiger partial charge in [-0.05, 0) is 48.9 Å². The zero-order valence-corrected chi connectivity index (χ0v) is 21.5. The highest BCUT2D eigenvalue weighted by molar-refractivity contribution is 7.92. The topological polar surface area (TPSA) is 86.8 Å². The summed E-state index contributed by atoms with van der Waals surface area (Å²) in [6.07, 6.45) is 3.70. The van der Waals surface area contributed by atoms with Gasteiger partial charge in [-0.2, -0.15) is 0 Å². The molecule has 0 aliphatic carbocycles. The summed E-state index contributed by atoms with van der Waals surface area (Å²) in [4.78, 5) is 27.9. The van der Waals surface area contributed by atoms with E-state index in [-0.39, 0.29) is 12.5 Å². The number of anilines is 1. The Bertz CT molecular complexity index is 1020. The van der Waals surface area contributed by atoms with Crippen LogP contribution in [0.2, 0.25) is 0 Å². The van der Waals surface area contributed by atoms with Crippen LogP contribution in [0.1, 0.15) is 44.7 Å². The zero-order chi connectivity index (χ0) is 25.1. The fourth-order valence-corrected chi connectivity index (χ4v) is 4.62. The van der Waals surface area contributed by atoms with Crippen LogP contribution in [0, 0.1) is 0 Å². The predicted octanol–water partition coefficient (Wildman–Crippen LogP) is 3.39. The van der Waals surface area contributed by atoms with E-state index in [2.05, 4.69) is 5.32 Å². The number of rotatable bonds is 13. The minimum atomic E-state index is -3.71. The molecule has 0 aliphatic heterocycles. The van der Waals surface area contributed by atoms with Gasteiger partial charge in [-0.3, -0.25) is 13.9 Å². The first-order valence-electron chi connectivity index (χ1n) is 11.9. The van der Waals surface area contributed by atoms with E-state index in [1.54, 1.807) is 12.1 Å². The number of benzene rings is 2. The van der Waals surface area contributed by atoms with Crippen molar-refractivity contribution in [2.45, 2.75) is 52.5 Å². The van der Waals surface area contributed by atoms with Gasteiger partial charge in [0.05, 0.1) is 11.9 Å². The van der Waals surface area contributed by atoms with Gasteiger partial charge in [0.1, 0.15) is 12.6 Å². The maximum atomic E-state index is 13.5. The molecular weight excluding hydrogens is 450 g/mol. The number of sulfonamides is 1. The van der Waals surface area contributed by atoms with Gasteiger partial charge in [-0.25, -0.2) is 8.42 Å². The summed E-state index contributed by atoms with van der Waals surface area (Å²) in [7, 11) is -3.71. The molecule has 0 saturated carbocycles. The fourth-order valence-electron chi connectivity index (χ4n) is 3.77. The number of amides is 2. The Morgan fingerprint density at radius 2 is 1.59 bits per heavy atom. The Morgan fingerprint density at radius 1 is 0.941 bits per heavy atom. The number of carbonyl (C=O) groups excluding carboxylic acids is 2. The molecule has 2 aromatic carbocycles. The van der Waals surface area contributed by atoms with Gasteiger partial charge in [-0.1, -0.05) is 63.2 Å². The van der Waals surface area contributed by atoms with Gasteiger partial charge in [-0.15, -0.1) is 0 Å². The van der Waals surface area contributed by atoms with E-state index in [4.69, 9.17) is 0 Å². The van der Waals surface area contributed by atoms with Gasteiger partial charge in [0.25, 0.3) is 0 Å². The van der Waals surface area contributed by atoms with Crippen molar-refractivity contribution in [2.75, 3.05) is 30.2 Å². The maximum absolute atomic E-state index is 13.5. The molecule has 186 valence electrons. The second-order valence-electron chi connectivity index (χ2n) is 8.33. The Hall–Kier alpha value is -2.87. The average molecular weight is 488 g/mol. The summed E-state index contributed by atoms with van der Waals surface area (Å²) in [5.41, 5.74) is 2.55. The first-order chi connectivity index (χ1) is 16.2. The van der Waals surface area contributed by atoms with Crippen molar-refractivity contribution in [1.82, 2.24) is 10.2 Å². The van der Waals surface area contributed by atoms with Crippen molar-refractivity contribution < 1.29 is 18.0 Å². The molecule has 0 spiro atoms. The van der Waals surface area contributed by atoms with Crippen molar-refractivity contribution in [3.63, 3.8) is 0 Å². The van der Waals surface area contributed by atoms with Crippen LogP contribution in [-0.2, 0) is 32.5 Å². The van der Waals surface area contributed by atoms with Crippen LogP contribution in [0.15, 0.2) is 54.6 Å². The highest BCUT2D eigenvalue weighted by atomic mass is 32.2. The number of nitrogens with one attached hydrogen (secondary N) is 1. The van der Waals surface area contributed by atoms with Crippen LogP contribution >= 0.6 is 0 Å². The molecule has 1 N–H and O–H groups in total. The third-order valence-electron chi connectivity index (χ3n) is 5.73. The number of nitrogens with zero attached hydrogens (tertiary/aromatic N) is 2. The minimum absolute atomic E-state index is 0.219. The van der Waals surface area contributed by atoms with E-state index in [1.807, 2.05) is 63.2 Å². The van der Waals surface area contributed by atoms with Gasteiger partial charge < -0.3 is 10.2 Å². The molecule has 0 aromatic heterocycles. The van der Waals surface area contributed by atoms with Gasteiger partial charge >= 0.3 is 0 Å². The van der Waals surface area contributed by atoms with Crippen molar-refractivity contribution in [3.8, 4) is 0 Å². The maximum Gasteiger partial charge on any atom is 0.244 e. The molecular formula is C26H37N3O4S. The molecule has 0 unspecified atom stereocenters. The summed E-state index contributed by atoms with van der Waals surface area (Å²) in [5, 5.41) is 2.88. The second kappa shape index (κ2) is 13.1. The highest BCUT2D eigenvalue weighted by Crippen LogP contribution is 2.20. The molecule has 0 aliphatic rings. The normalized spacial score (nSPS) is 12.1. The number of hydrogen-bond donors (Lipinski definition) is 1. The van der Waals surface area contributed by atoms with E-state index in [0.29, 0.717) is 31.6 Å². The van der Waals surface area contributed by atoms with Crippen LogP contribution in [0.25, 0.3) is 0 Å². The van der Waals surface area contributed by atoms with Crippen LogP contribution in [0.4, 0.5) is 5.69 Å². The Labute approximate surface area is 204 Å². The van der Waals surface area contributed by atoms with Crippen molar-refractivity contribution in [2.24, 2.45) is 0 Å². The molecule has 0 saturated heterocycles. The summed E-state index contributed by atoms with van der Waals surface area (Å²) in [5.74, 6) is -0.622. The SMILES string of the molecule is CCCNC(=O)[C@@H](CC)N(CCc1ccccc1)C(=O)CN(c1ccc(CC)cc1)S(C)(=O)=O. The molecule has 8 heteroatoms. The zero-order valence-electron chi connectivity index (χ0n) is 20.7. The van der Waals surface area contributed by atoms with E-state index in [9.17, 15) is 18.0 Å². The van der Waals surface area contributed by atoms with Crippen LogP contribution in [0.5, 0.6) is 0 Å². The lowest BCUT2D eigenvalue weighted by molar-refractivity contribution is -0.139. The van der Waals surface area contributed by atoms with Gasteiger partial charge in [0, 0.05) is 13.1 Å². The Morgan fingerprint density at radius 3 is 2.12 bits per heavy atom. The summed E-state index contributed by atoms with van der Waals surface area (Å²) < 4.78 is 26.3. The lowest BCUT2D eigenvalue weighted by Crippen LogP contribution is -2.53. The smallest absolute Gasteiger partial charge is 0.244 e. The molecule has 0 fully saturated rings. The average Bonchev–Trinajstić information content (AvgIpc) is 2.83. The van der Waals surface area contributed by atoms with E-state index in [0.717, 1.165) is 34.5 Å². The fraction of sp³-hybridized carbons (Fsp3) is 0.462. The Kier molecular flexibility index (Phi) is 10.6. The summed E-state index contributed by atoms with van der Waals surface area (Å²) >= 11 is 0. The molecule has 2 amide bonds. The predicted molar refractivity (Wildman–Crippen MR) is 137 cm³/mol. The van der Waals surface area contributed by atoms with E-state index in [1.165, 1.54) is 4.90 Å². The van der Waals surface area contributed by atoms with E-state index >= 15 is 0 Å². The number of carbonyl (C=O) groups is 2. The standard InChI is InChI=1S/C26H37N3O4S/c1-5-18-27-26(31)24(7-3)28(19-17-22-11-9-8-10-12-22)25(30)20-29(34(4,32)33)23-15-13-21(6-2)14-16-23/h8-16,24H,5-7,17-20H2,1-4H3,(H,27,31)/t24-/m1/s1. The number of aryl methyl sites for hydroxylation is 1. The first-order valence-corrected chi connectivity index (χ1v) is 13.7. The molecule has 0 bridgehead atoms. The molecule has 1 atom stereocenters. The summed E-state index contributed by atoms with van der Waals surface area (Å²) in [6, 6.07) is 16.2. The Balaban J connectivity index is 2.33. The minimum Gasteiger partial charge on any atom is -0.354 e. The number of hydrogen-bond acceptors (Lipinski definition) is 4. The molecule has 2 aromatic rings. The van der Waals surface area contributed by atoms with Crippen LogP contribution in [0.3, 0.4) is 0 Å². The first kappa shape index (κ1) is 27.4. The van der Waals surface area contributed by atoms with Gasteiger partial charge in [0.15, 0.2) is 0 Å². The molecule has 0 heterocycles. The van der Waals surface area contributed by atoms with Crippen LogP contribution < -0.4 is 9.62 Å². The molecule has 2 rings (SSSR count). The lowest BCUT2D eigenvalue weighted by atomic mass is 10.1. The van der Waals surface area contributed by atoms with Gasteiger partial charge in [0.2, 0.25) is 21.8 Å². The van der Waals surface area contributed by atoms with Crippen molar-refractivity contribution in [3.05, 3.63) is 65.7 Å². The lowest BCUT2D eigenvalue weighted by Gasteiger charge is -2.33. The molecule has 7 nitrogen and oxygen atoms in total. The largest absolute Gasteiger partial charge is 0.354 e. The quantitative estimate of drug-likeness (QED) is 0.469. The molecule has 34 heavy (non-hydrogen) atoms. The third-order valence-corrected chi connectivity index (χ3v) is 6.87. The van der Waals surface area contributed by atoms with E-state index < -0.39 is 22.0 Å². The monoisotopic (exact) mass is 487 g/mol.